The topological polar surface area (TPSA) is 127 Å². The van der Waals surface area contributed by atoms with Crippen LogP contribution in [0.25, 0.3) is 11.6 Å². The van der Waals surface area contributed by atoms with Crippen LogP contribution in [-0.4, -0.2) is 38.7 Å². The summed E-state index contributed by atoms with van der Waals surface area (Å²) in [6.07, 6.45) is 5.53. The molecule has 3 aromatic heterocycles. The second-order valence-electron chi connectivity index (χ2n) is 8.46. The van der Waals surface area contributed by atoms with E-state index in [1.54, 1.807) is 25.4 Å². The molecule has 0 atom stereocenters. The van der Waals surface area contributed by atoms with Gasteiger partial charge in [0.15, 0.2) is 11.6 Å². The Hall–Kier alpha value is -3.72. The van der Waals surface area contributed by atoms with Crippen molar-refractivity contribution >= 4 is 46.7 Å². The standard InChI is InChI=1S/C24H23ClN6O3/c1-11-9-27-17(12(2)20(11)34-3)10-31-22-19(21(25)29-24(26)30-22)15(23(31)33)8-13-7-14-16(28-13)5-4-6-18(14)32/h7-9,28H,4-6,10H2,1-3H3,(H2,26,29,30). The third-order valence-corrected chi connectivity index (χ3v) is 6.55. The average Bonchev–Trinajstić information content (AvgIpc) is 3.31. The molecule has 0 radical (unpaired) electrons. The van der Waals surface area contributed by atoms with E-state index in [1.165, 1.54) is 4.90 Å². The number of carbonyl (C=O) groups excluding carboxylic acids is 2. The van der Waals surface area contributed by atoms with E-state index < -0.39 is 0 Å². The molecule has 0 saturated carbocycles. The molecule has 1 aliphatic heterocycles. The van der Waals surface area contributed by atoms with Gasteiger partial charge in [-0.3, -0.25) is 19.5 Å². The van der Waals surface area contributed by atoms with Crippen molar-refractivity contribution in [2.24, 2.45) is 0 Å². The number of aromatic nitrogens is 4. The number of anilines is 2. The van der Waals surface area contributed by atoms with Gasteiger partial charge in [0, 0.05) is 40.7 Å². The lowest BCUT2D eigenvalue weighted by atomic mass is 9.97. The Labute approximate surface area is 201 Å². The smallest absolute Gasteiger partial charge is 0.260 e. The van der Waals surface area contributed by atoms with Crippen molar-refractivity contribution in [2.75, 3.05) is 17.7 Å². The molecule has 174 valence electrons. The fourth-order valence-corrected chi connectivity index (χ4v) is 4.91. The number of fused-ring (bicyclic) bond motifs is 2. The Bertz CT molecular complexity index is 1390. The molecule has 9 nitrogen and oxygen atoms in total. The Morgan fingerprint density at radius 3 is 2.79 bits per heavy atom. The predicted molar refractivity (Wildman–Crippen MR) is 129 cm³/mol. The quantitative estimate of drug-likeness (QED) is 0.432. The molecule has 2 aliphatic rings. The normalized spacial score (nSPS) is 16.2. The summed E-state index contributed by atoms with van der Waals surface area (Å²) in [5, 5.41) is 0.0863. The number of amides is 1. The number of H-pyrrole nitrogens is 1. The van der Waals surface area contributed by atoms with Gasteiger partial charge >= 0.3 is 0 Å². The first kappa shape index (κ1) is 22.1. The number of aryl methyl sites for hydroxylation is 2. The molecule has 34 heavy (non-hydrogen) atoms. The SMILES string of the molecule is COc1c(C)cnc(CN2C(=O)C(=Cc3cc4c([nH]3)CCCC4=O)c3c(Cl)nc(N)nc32)c1C. The van der Waals surface area contributed by atoms with Gasteiger partial charge in [-0.25, -0.2) is 4.98 Å². The highest BCUT2D eigenvalue weighted by Crippen LogP contribution is 2.42. The lowest BCUT2D eigenvalue weighted by molar-refractivity contribution is -0.113. The molecule has 3 aromatic rings. The number of aromatic amines is 1. The van der Waals surface area contributed by atoms with E-state index in [-0.39, 0.29) is 29.3 Å². The molecule has 1 aliphatic carbocycles. The summed E-state index contributed by atoms with van der Waals surface area (Å²) in [7, 11) is 1.60. The molecular formula is C24H23ClN6O3. The number of nitrogens with one attached hydrogen (secondary N) is 1. The highest BCUT2D eigenvalue weighted by molar-refractivity contribution is 6.41. The van der Waals surface area contributed by atoms with E-state index in [4.69, 9.17) is 22.1 Å². The third kappa shape index (κ3) is 3.52. The molecule has 0 aromatic carbocycles. The summed E-state index contributed by atoms with van der Waals surface area (Å²) < 4.78 is 5.51. The first-order valence-corrected chi connectivity index (χ1v) is 11.3. The number of ketones is 1. The minimum absolute atomic E-state index is 0.0325. The highest BCUT2D eigenvalue weighted by atomic mass is 35.5. The molecule has 4 heterocycles. The fourth-order valence-electron chi connectivity index (χ4n) is 4.63. The number of pyridine rings is 1. The zero-order valence-corrected chi connectivity index (χ0v) is 19.8. The number of nitrogen functional groups attached to an aromatic ring is 1. The van der Waals surface area contributed by atoms with Crippen molar-refractivity contribution in [1.29, 1.82) is 0 Å². The Balaban J connectivity index is 1.60. The molecule has 0 fully saturated rings. The van der Waals surface area contributed by atoms with E-state index in [0.717, 1.165) is 35.4 Å². The van der Waals surface area contributed by atoms with Gasteiger partial charge < -0.3 is 15.5 Å². The summed E-state index contributed by atoms with van der Waals surface area (Å²) in [6, 6.07) is 1.78. The molecule has 0 unspecified atom stereocenters. The lowest BCUT2D eigenvalue weighted by Crippen LogP contribution is -2.27. The molecule has 10 heteroatoms. The number of ether oxygens (including phenoxy) is 1. The van der Waals surface area contributed by atoms with Crippen LogP contribution in [-0.2, 0) is 17.8 Å². The maximum absolute atomic E-state index is 13.6. The van der Waals surface area contributed by atoms with Gasteiger partial charge in [0.2, 0.25) is 5.95 Å². The van der Waals surface area contributed by atoms with Crippen molar-refractivity contribution in [2.45, 2.75) is 39.7 Å². The van der Waals surface area contributed by atoms with Crippen molar-refractivity contribution in [3.8, 4) is 5.75 Å². The van der Waals surface area contributed by atoms with E-state index in [2.05, 4.69) is 19.9 Å². The Kier molecular flexibility index (Phi) is 5.36. The van der Waals surface area contributed by atoms with Crippen molar-refractivity contribution in [3.63, 3.8) is 0 Å². The molecular weight excluding hydrogens is 456 g/mol. The minimum atomic E-state index is -0.309. The van der Waals surface area contributed by atoms with Crippen LogP contribution in [0.2, 0.25) is 5.15 Å². The number of nitrogens with two attached hydrogens (primary N) is 1. The van der Waals surface area contributed by atoms with Gasteiger partial charge in [0.25, 0.3) is 5.91 Å². The summed E-state index contributed by atoms with van der Waals surface area (Å²) in [5.41, 5.74) is 11.2. The number of nitrogens with zero attached hydrogens (tertiary/aromatic N) is 4. The second-order valence-corrected chi connectivity index (χ2v) is 8.82. The maximum atomic E-state index is 13.6. The zero-order valence-electron chi connectivity index (χ0n) is 19.0. The maximum Gasteiger partial charge on any atom is 0.260 e. The summed E-state index contributed by atoms with van der Waals surface area (Å²) in [4.78, 5) is 43.5. The molecule has 0 spiro atoms. The van der Waals surface area contributed by atoms with Crippen LogP contribution in [0.3, 0.4) is 0 Å². The van der Waals surface area contributed by atoms with Crippen molar-refractivity contribution < 1.29 is 14.3 Å². The molecule has 0 saturated heterocycles. The van der Waals surface area contributed by atoms with Crippen LogP contribution in [0.15, 0.2) is 12.3 Å². The minimum Gasteiger partial charge on any atom is -0.496 e. The predicted octanol–water partition coefficient (Wildman–Crippen LogP) is 3.67. The first-order valence-electron chi connectivity index (χ1n) is 10.9. The van der Waals surface area contributed by atoms with Crippen LogP contribution >= 0.6 is 11.6 Å². The fraction of sp³-hybridized carbons (Fsp3) is 0.292. The highest BCUT2D eigenvalue weighted by Gasteiger charge is 2.38. The van der Waals surface area contributed by atoms with Gasteiger partial charge in [0.1, 0.15) is 10.9 Å². The van der Waals surface area contributed by atoms with Crippen molar-refractivity contribution in [1.82, 2.24) is 19.9 Å². The average molecular weight is 479 g/mol. The number of halogens is 1. The van der Waals surface area contributed by atoms with Gasteiger partial charge in [-0.05, 0) is 38.8 Å². The van der Waals surface area contributed by atoms with E-state index in [9.17, 15) is 9.59 Å². The number of Topliss-reactive ketones (excluding diaryl/α,β-unsaturated/α-hetero) is 1. The Morgan fingerprint density at radius 2 is 2.06 bits per heavy atom. The molecule has 1 amide bonds. The summed E-state index contributed by atoms with van der Waals surface area (Å²) in [5.74, 6) is 0.800. The summed E-state index contributed by atoms with van der Waals surface area (Å²) in [6.45, 7) is 3.96. The lowest BCUT2D eigenvalue weighted by Gasteiger charge is -2.19. The molecule has 5 rings (SSSR count). The number of hydrogen-bond donors (Lipinski definition) is 2. The number of hydrogen-bond acceptors (Lipinski definition) is 7. The van der Waals surface area contributed by atoms with E-state index >= 15 is 0 Å². The van der Waals surface area contributed by atoms with Gasteiger partial charge in [-0.15, -0.1) is 0 Å². The van der Waals surface area contributed by atoms with Gasteiger partial charge in [-0.1, -0.05) is 11.6 Å². The van der Waals surface area contributed by atoms with E-state index in [0.29, 0.717) is 40.3 Å². The van der Waals surface area contributed by atoms with Gasteiger partial charge in [0.05, 0.1) is 30.5 Å². The Morgan fingerprint density at radius 1 is 1.26 bits per heavy atom. The van der Waals surface area contributed by atoms with Crippen LogP contribution < -0.4 is 15.4 Å². The monoisotopic (exact) mass is 478 g/mol. The largest absolute Gasteiger partial charge is 0.496 e. The van der Waals surface area contributed by atoms with Crippen LogP contribution in [0.1, 0.15) is 57.0 Å². The number of rotatable bonds is 4. The first-order chi connectivity index (χ1) is 16.3. The van der Waals surface area contributed by atoms with Crippen LogP contribution in [0, 0.1) is 13.8 Å². The molecule has 0 bridgehead atoms. The summed E-state index contributed by atoms with van der Waals surface area (Å²) >= 11 is 6.44. The third-order valence-electron chi connectivity index (χ3n) is 6.27. The van der Waals surface area contributed by atoms with Gasteiger partial charge in [-0.2, -0.15) is 4.98 Å². The van der Waals surface area contributed by atoms with E-state index in [1.807, 2.05) is 13.8 Å². The van der Waals surface area contributed by atoms with Crippen LogP contribution in [0.5, 0.6) is 5.75 Å². The second kappa shape index (κ2) is 8.25. The molecule has 3 N–H and O–H groups in total. The van der Waals surface area contributed by atoms with Crippen molar-refractivity contribution in [3.05, 3.63) is 56.8 Å². The number of carbonyl (C=O) groups is 2. The zero-order chi connectivity index (χ0) is 24.1. The number of methoxy groups -OCH3 is 1. The van der Waals surface area contributed by atoms with Crippen LogP contribution in [0.4, 0.5) is 11.8 Å².